The summed E-state index contributed by atoms with van der Waals surface area (Å²) in [7, 11) is 0. The summed E-state index contributed by atoms with van der Waals surface area (Å²) in [4.78, 5) is 18.2. The van der Waals surface area contributed by atoms with Crippen LogP contribution in [0, 0.1) is 0 Å². The van der Waals surface area contributed by atoms with E-state index >= 15 is 0 Å². The van der Waals surface area contributed by atoms with Crippen molar-refractivity contribution in [2.24, 2.45) is 5.90 Å². The first-order chi connectivity index (χ1) is 13.2. The lowest BCUT2D eigenvalue weighted by molar-refractivity contribution is 0.0276. The lowest BCUT2D eigenvalue weighted by Gasteiger charge is -2.22. The van der Waals surface area contributed by atoms with Crippen LogP contribution >= 0.6 is 0 Å². The number of ketones is 1. The molecule has 2 aromatic carbocycles. The average Bonchev–Trinajstić information content (AvgIpc) is 3.33. The van der Waals surface area contributed by atoms with Crippen LogP contribution in [0.15, 0.2) is 24.3 Å². The summed E-state index contributed by atoms with van der Waals surface area (Å²) in [5.41, 5.74) is 3.13. The first-order valence-corrected chi connectivity index (χ1v) is 8.68. The summed E-state index contributed by atoms with van der Waals surface area (Å²) < 4.78 is 22.0. The van der Waals surface area contributed by atoms with Gasteiger partial charge in [0.1, 0.15) is 6.23 Å². The van der Waals surface area contributed by atoms with E-state index in [0.717, 1.165) is 16.7 Å². The van der Waals surface area contributed by atoms with Gasteiger partial charge in [-0.15, -0.1) is 0 Å². The molecule has 1 atom stereocenters. The molecular formula is C19H18N2O6. The number of nitrogens with two attached hydrogens (primary N) is 1. The third-order valence-corrected chi connectivity index (χ3v) is 5.06. The number of carbonyl (C=O) groups excluding carboxylic acids is 1. The number of carbonyl (C=O) groups is 1. The van der Waals surface area contributed by atoms with E-state index in [1.807, 2.05) is 18.2 Å². The maximum Gasteiger partial charge on any atom is 0.231 e. The van der Waals surface area contributed by atoms with Crippen LogP contribution in [0.1, 0.15) is 27.0 Å². The predicted molar refractivity (Wildman–Crippen MR) is 92.8 cm³/mol. The van der Waals surface area contributed by atoms with Gasteiger partial charge in [-0.05, 0) is 29.3 Å². The third kappa shape index (κ3) is 2.78. The van der Waals surface area contributed by atoms with Crippen molar-refractivity contribution >= 4 is 5.78 Å². The number of rotatable bonds is 1. The van der Waals surface area contributed by atoms with Gasteiger partial charge in [0.2, 0.25) is 13.6 Å². The van der Waals surface area contributed by atoms with Crippen molar-refractivity contribution in [2.75, 3.05) is 13.6 Å². The molecule has 2 aromatic rings. The Kier molecular flexibility index (Phi) is 3.89. The van der Waals surface area contributed by atoms with Crippen molar-refractivity contribution in [3.8, 4) is 23.0 Å². The number of hydrogen-bond donors (Lipinski definition) is 2. The molecule has 0 bridgehead atoms. The first kappa shape index (κ1) is 16.4. The summed E-state index contributed by atoms with van der Waals surface area (Å²) >= 11 is 0. The molecule has 3 N–H and O–H groups in total. The Morgan fingerprint density at radius 1 is 1.00 bits per heavy atom. The summed E-state index contributed by atoms with van der Waals surface area (Å²) in [6.07, 6.45) is 0.172. The largest absolute Gasteiger partial charge is 0.454 e. The maximum atomic E-state index is 13.1. The van der Waals surface area contributed by atoms with Gasteiger partial charge in [0.25, 0.3) is 0 Å². The maximum absolute atomic E-state index is 13.1. The van der Waals surface area contributed by atoms with Crippen LogP contribution in [0.25, 0.3) is 0 Å². The summed E-state index contributed by atoms with van der Waals surface area (Å²) in [6.45, 7) is 0.757. The van der Waals surface area contributed by atoms with Crippen LogP contribution in [0.2, 0.25) is 0 Å². The van der Waals surface area contributed by atoms with Gasteiger partial charge in [0.05, 0.1) is 0 Å². The fourth-order valence-corrected chi connectivity index (χ4v) is 3.70. The standard InChI is InChI=1S/C19H18N2O6/c20-27-18-5-11-4-16-17(25-8-24-16)6-12(11)14(22)3-10-1-2-15-19(26-9-23-15)13(10)7-21-18/h1-2,4,6,18,21H,3,5,7-9,20H2. The van der Waals surface area contributed by atoms with E-state index in [9.17, 15) is 4.79 Å². The van der Waals surface area contributed by atoms with Gasteiger partial charge in [0, 0.05) is 30.5 Å². The Hall–Kier alpha value is -2.81. The van der Waals surface area contributed by atoms with Crippen molar-refractivity contribution < 1.29 is 28.6 Å². The fraction of sp³-hybridized carbons (Fsp3) is 0.316. The minimum Gasteiger partial charge on any atom is -0.454 e. The highest BCUT2D eigenvalue weighted by Crippen LogP contribution is 2.39. The lowest BCUT2D eigenvalue weighted by atomic mass is 9.92. The van der Waals surface area contributed by atoms with Crippen molar-refractivity contribution in [3.05, 3.63) is 46.5 Å². The lowest BCUT2D eigenvalue weighted by Crippen LogP contribution is -2.37. The molecule has 0 amide bonds. The molecule has 0 fully saturated rings. The molecule has 1 unspecified atom stereocenters. The van der Waals surface area contributed by atoms with E-state index in [0.29, 0.717) is 41.5 Å². The number of nitrogens with one attached hydrogen (secondary N) is 1. The second-order valence-corrected chi connectivity index (χ2v) is 6.61. The minimum atomic E-state index is -0.485. The Balaban J connectivity index is 1.61. The van der Waals surface area contributed by atoms with Crippen LogP contribution in [-0.2, 0) is 24.2 Å². The summed E-state index contributed by atoms with van der Waals surface area (Å²) in [5, 5.41) is 3.28. The Labute approximate surface area is 155 Å². The van der Waals surface area contributed by atoms with E-state index in [1.165, 1.54) is 0 Å². The van der Waals surface area contributed by atoms with Gasteiger partial charge < -0.3 is 18.9 Å². The van der Waals surface area contributed by atoms with Crippen molar-refractivity contribution in [2.45, 2.75) is 25.6 Å². The molecule has 0 aromatic heterocycles. The normalized spacial score (nSPS) is 20.2. The molecule has 3 aliphatic heterocycles. The smallest absolute Gasteiger partial charge is 0.231 e. The van der Waals surface area contributed by atoms with Gasteiger partial charge in [-0.3, -0.25) is 14.9 Å². The van der Waals surface area contributed by atoms with Crippen LogP contribution in [0.4, 0.5) is 0 Å². The number of ether oxygens (including phenoxy) is 4. The van der Waals surface area contributed by atoms with Gasteiger partial charge >= 0.3 is 0 Å². The Morgan fingerprint density at radius 3 is 2.63 bits per heavy atom. The van der Waals surface area contributed by atoms with E-state index in [4.69, 9.17) is 29.7 Å². The molecule has 0 spiro atoms. The molecule has 0 saturated heterocycles. The molecule has 8 nitrogen and oxygen atoms in total. The minimum absolute atomic E-state index is 0.0129. The number of fused-ring (bicyclic) bond motifs is 5. The highest BCUT2D eigenvalue weighted by molar-refractivity contribution is 6.00. The Morgan fingerprint density at radius 2 is 1.78 bits per heavy atom. The molecule has 27 heavy (non-hydrogen) atoms. The van der Waals surface area contributed by atoms with Crippen molar-refractivity contribution in [3.63, 3.8) is 0 Å². The van der Waals surface area contributed by atoms with Crippen LogP contribution in [-0.4, -0.2) is 25.6 Å². The molecule has 3 heterocycles. The summed E-state index contributed by atoms with van der Waals surface area (Å²) in [6, 6.07) is 7.29. The van der Waals surface area contributed by atoms with Crippen LogP contribution in [0.3, 0.4) is 0 Å². The molecule has 8 heteroatoms. The molecule has 0 saturated carbocycles. The zero-order valence-corrected chi connectivity index (χ0v) is 14.4. The fourth-order valence-electron chi connectivity index (χ4n) is 3.70. The molecule has 140 valence electrons. The SMILES string of the molecule is NOC1Cc2cc3c(cc2C(=O)Cc2ccc4c(c2CN1)OCO4)OCO3. The number of benzene rings is 2. The molecule has 3 aliphatic rings. The monoisotopic (exact) mass is 370 g/mol. The van der Waals surface area contributed by atoms with Crippen LogP contribution in [0.5, 0.6) is 23.0 Å². The first-order valence-electron chi connectivity index (χ1n) is 8.68. The third-order valence-electron chi connectivity index (χ3n) is 5.06. The second-order valence-electron chi connectivity index (χ2n) is 6.61. The second kappa shape index (κ2) is 6.41. The summed E-state index contributed by atoms with van der Waals surface area (Å²) in [5.74, 6) is 8.01. The predicted octanol–water partition coefficient (Wildman–Crippen LogP) is 1.43. The number of hydrogen-bond acceptors (Lipinski definition) is 8. The van der Waals surface area contributed by atoms with E-state index in [-0.39, 0.29) is 25.8 Å². The molecule has 0 aliphatic carbocycles. The van der Waals surface area contributed by atoms with E-state index < -0.39 is 6.23 Å². The van der Waals surface area contributed by atoms with Gasteiger partial charge in [-0.25, -0.2) is 5.90 Å². The molecule has 5 rings (SSSR count). The zero-order valence-electron chi connectivity index (χ0n) is 14.4. The average molecular weight is 370 g/mol. The van der Waals surface area contributed by atoms with Gasteiger partial charge in [-0.1, -0.05) is 6.07 Å². The number of Topliss-reactive ketones (excluding diaryl/α,β-unsaturated/α-hetero) is 1. The van der Waals surface area contributed by atoms with Crippen molar-refractivity contribution in [1.82, 2.24) is 5.32 Å². The Bertz CT molecular complexity index is 929. The van der Waals surface area contributed by atoms with Crippen molar-refractivity contribution in [1.29, 1.82) is 0 Å². The molecule has 0 radical (unpaired) electrons. The van der Waals surface area contributed by atoms with Gasteiger partial charge in [-0.2, -0.15) is 0 Å². The molecular weight excluding hydrogens is 352 g/mol. The topological polar surface area (TPSA) is 101 Å². The quantitative estimate of drug-likeness (QED) is 0.727. The van der Waals surface area contributed by atoms with E-state index in [2.05, 4.69) is 5.32 Å². The van der Waals surface area contributed by atoms with Gasteiger partial charge in [0.15, 0.2) is 28.8 Å². The van der Waals surface area contributed by atoms with Crippen LogP contribution < -0.4 is 30.2 Å². The highest BCUT2D eigenvalue weighted by Gasteiger charge is 2.27. The highest BCUT2D eigenvalue weighted by atomic mass is 16.7. The zero-order chi connectivity index (χ0) is 18.4. The van der Waals surface area contributed by atoms with E-state index in [1.54, 1.807) is 6.07 Å².